The number of para-hydroxylation sites is 2. The van der Waals surface area contributed by atoms with E-state index in [1.807, 2.05) is 12.2 Å². The Balaban J connectivity index is 1.41. The van der Waals surface area contributed by atoms with Gasteiger partial charge in [-0.1, -0.05) is 30.4 Å². The molecule has 1 N–H and O–H groups in total. The highest BCUT2D eigenvalue weighted by atomic mass is 16.5. The number of esters is 1. The first kappa shape index (κ1) is 21.3. The summed E-state index contributed by atoms with van der Waals surface area (Å²) < 4.78 is 10.3. The van der Waals surface area contributed by atoms with Gasteiger partial charge < -0.3 is 14.8 Å². The lowest BCUT2D eigenvalue weighted by atomic mass is 9.85. The molecule has 32 heavy (non-hydrogen) atoms. The lowest BCUT2D eigenvalue weighted by molar-refractivity contribution is -0.122. The van der Waals surface area contributed by atoms with Gasteiger partial charge in [-0.3, -0.25) is 19.3 Å². The molecule has 164 valence electrons. The van der Waals surface area contributed by atoms with Gasteiger partial charge in [0.25, 0.3) is 5.91 Å². The Morgan fingerprint density at radius 2 is 1.69 bits per heavy atom. The summed E-state index contributed by atoms with van der Waals surface area (Å²) in [6.45, 7) is -0.501. The number of hydrogen-bond acceptors (Lipinski definition) is 6. The normalized spacial score (nSPS) is 19.5. The minimum atomic E-state index is -0.736. The molecule has 0 radical (unpaired) electrons. The van der Waals surface area contributed by atoms with Gasteiger partial charge in [0.1, 0.15) is 5.75 Å². The van der Waals surface area contributed by atoms with Crippen LogP contribution in [-0.4, -0.2) is 37.4 Å². The van der Waals surface area contributed by atoms with Gasteiger partial charge in [0, 0.05) is 0 Å². The standard InChI is InChI=1S/C24H22N2O6/c1-31-20-12-5-4-11-19(20)25-21(27)14-32-24(30)15-7-6-8-16(13-15)26-22(28)17-9-2-3-10-18(17)23(26)29/h2-8,11-13,17-18H,9-10,14H2,1H3,(H,25,27)/t17-,18-/m1/s1. The molecule has 2 aromatic rings. The number of nitrogens with zero attached hydrogens (tertiary/aromatic N) is 1. The van der Waals surface area contributed by atoms with Gasteiger partial charge in [0.15, 0.2) is 6.61 Å². The van der Waals surface area contributed by atoms with Crippen molar-refractivity contribution in [1.82, 2.24) is 0 Å². The summed E-state index contributed by atoms with van der Waals surface area (Å²) >= 11 is 0. The third-order valence-corrected chi connectivity index (χ3v) is 5.56. The summed E-state index contributed by atoms with van der Waals surface area (Å²) in [4.78, 5) is 51.3. The first-order valence-corrected chi connectivity index (χ1v) is 10.2. The highest BCUT2D eigenvalue weighted by molar-refractivity contribution is 6.22. The summed E-state index contributed by atoms with van der Waals surface area (Å²) in [5, 5.41) is 2.62. The predicted molar refractivity (Wildman–Crippen MR) is 116 cm³/mol. The topological polar surface area (TPSA) is 102 Å². The monoisotopic (exact) mass is 434 g/mol. The van der Waals surface area contributed by atoms with E-state index < -0.39 is 18.5 Å². The van der Waals surface area contributed by atoms with Crippen LogP contribution in [0.5, 0.6) is 5.75 Å². The highest BCUT2D eigenvalue weighted by Crippen LogP contribution is 2.37. The molecular weight excluding hydrogens is 412 g/mol. The SMILES string of the molecule is COc1ccccc1NC(=O)COC(=O)c1cccc(N2C(=O)[C@@H]3CC=CC[C@H]3C2=O)c1. The molecular formula is C24H22N2O6. The van der Waals surface area contributed by atoms with Crippen molar-refractivity contribution in [2.24, 2.45) is 11.8 Å². The summed E-state index contributed by atoms with van der Waals surface area (Å²) in [5.74, 6) is -2.02. The van der Waals surface area contributed by atoms with Crippen LogP contribution in [0.3, 0.4) is 0 Å². The molecule has 1 aliphatic carbocycles. The van der Waals surface area contributed by atoms with Crippen molar-refractivity contribution in [2.45, 2.75) is 12.8 Å². The quantitative estimate of drug-likeness (QED) is 0.426. The molecule has 2 aliphatic rings. The second-order valence-electron chi connectivity index (χ2n) is 7.54. The van der Waals surface area contributed by atoms with Crippen LogP contribution in [-0.2, 0) is 19.1 Å². The van der Waals surface area contributed by atoms with E-state index in [0.29, 0.717) is 30.0 Å². The summed E-state index contributed by atoms with van der Waals surface area (Å²) in [5.41, 5.74) is 0.920. The molecule has 1 aliphatic heterocycles. The van der Waals surface area contributed by atoms with Gasteiger partial charge in [0.05, 0.1) is 35.9 Å². The zero-order valence-corrected chi connectivity index (χ0v) is 17.4. The van der Waals surface area contributed by atoms with Crippen LogP contribution in [0.25, 0.3) is 0 Å². The fourth-order valence-corrected chi connectivity index (χ4v) is 3.98. The van der Waals surface area contributed by atoms with Crippen LogP contribution < -0.4 is 15.0 Å². The first-order valence-electron chi connectivity index (χ1n) is 10.2. The Bertz CT molecular complexity index is 1080. The fraction of sp³-hybridized carbons (Fsp3) is 0.250. The Hall–Kier alpha value is -3.94. The van der Waals surface area contributed by atoms with Crippen LogP contribution in [0.4, 0.5) is 11.4 Å². The number of carbonyl (C=O) groups is 4. The van der Waals surface area contributed by atoms with Crippen LogP contribution in [0, 0.1) is 11.8 Å². The molecule has 0 bridgehead atoms. The van der Waals surface area contributed by atoms with Crippen molar-refractivity contribution in [3.63, 3.8) is 0 Å². The Kier molecular flexibility index (Phi) is 6.02. The molecule has 0 aromatic heterocycles. The molecule has 4 rings (SSSR count). The number of methoxy groups -OCH3 is 1. The summed E-state index contributed by atoms with van der Waals surface area (Å²) in [6.07, 6.45) is 4.91. The maximum atomic E-state index is 12.8. The minimum absolute atomic E-state index is 0.140. The van der Waals surface area contributed by atoms with Gasteiger partial charge in [-0.05, 0) is 43.2 Å². The number of ether oxygens (including phenoxy) is 2. The molecule has 2 atom stereocenters. The van der Waals surface area contributed by atoms with E-state index in [-0.39, 0.29) is 29.2 Å². The predicted octanol–water partition coefficient (Wildman–Crippen LogP) is 2.95. The van der Waals surface area contributed by atoms with Crippen molar-refractivity contribution in [1.29, 1.82) is 0 Å². The van der Waals surface area contributed by atoms with E-state index in [1.165, 1.54) is 19.2 Å². The van der Waals surface area contributed by atoms with Crippen molar-refractivity contribution in [3.05, 3.63) is 66.2 Å². The van der Waals surface area contributed by atoms with Crippen LogP contribution in [0.2, 0.25) is 0 Å². The second kappa shape index (κ2) is 9.05. The van der Waals surface area contributed by atoms with Crippen LogP contribution in [0.15, 0.2) is 60.7 Å². The van der Waals surface area contributed by atoms with Crippen LogP contribution in [0.1, 0.15) is 23.2 Å². The van der Waals surface area contributed by atoms with E-state index in [2.05, 4.69) is 5.32 Å². The molecule has 1 heterocycles. The number of anilines is 2. The van der Waals surface area contributed by atoms with Crippen molar-refractivity contribution in [2.75, 3.05) is 23.9 Å². The average Bonchev–Trinajstić information content (AvgIpc) is 3.08. The molecule has 0 spiro atoms. The number of hydrogen-bond donors (Lipinski definition) is 1. The number of benzene rings is 2. The van der Waals surface area contributed by atoms with Gasteiger partial charge in [0.2, 0.25) is 11.8 Å². The average molecular weight is 434 g/mol. The maximum absolute atomic E-state index is 12.8. The van der Waals surface area contributed by atoms with Crippen molar-refractivity contribution in [3.8, 4) is 5.75 Å². The minimum Gasteiger partial charge on any atom is -0.495 e. The molecule has 3 amide bonds. The zero-order valence-electron chi connectivity index (χ0n) is 17.4. The number of rotatable bonds is 6. The number of allylic oxidation sites excluding steroid dienone is 2. The number of amides is 3. The first-order chi connectivity index (χ1) is 15.5. The Morgan fingerprint density at radius 1 is 1.00 bits per heavy atom. The Morgan fingerprint density at radius 3 is 2.38 bits per heavy atom. The zero-order chi connectivity index (χ0) is 22.7. The second-order valence-corrected chi connectivity index (χ2v) is 7.54. The number of imide groups is 1. The highest BCUT2D eigenvalue weighted by Gasteiger charge is 2.47. The van der Waals surface area contributed by atoms with Crippen molar-refractivity contribution >= 4 is 35.1 Å². The van der Waals surface area contributed by atoms with Gasteiger partial charge >= 0.3 is 5.97 Å². The molecule has 1 fully saturated rings. The van der Waals surface area contributed by atoms with E-state index in [9.17, 15) is 19.2 Å². The van der Waals surface area contributed by atoms with E-state index in [1.54, 1.807) is 36.4 Å². The number of nitrogens with one attached hydrogen (secondary N) is 1. The fourth-order valence-electron chi connectivity index (χ4n) is 3.98. The van der Waals surface area contributed by atoms with Crippen LogP contribution >= 0.6 is 0 Å². The summed E-state index contributed by atoms with van der Waals surface area (Å²) in [7, 11) is 1.49. The Labute approximate surface area is 184 Å². The lowest BCUT2D eigenvalue weighted by Gasteiger charge is -2.15. The number of fused-ring (bicyclic) bond motifs is 1. The molecule has 8 nitrogen and oxygen atoms in total. The van der Waals surface area contributed by atoms with Gasteiger partial charge in [-0.15, -0.1) is 0 Å². The van der Waals surface area contributed by atoms with E-state index in [0.717, 1.165) is 4.90 Å². The van der Waals surface area contributed by atoms with Gasteiger partial charge in [-0.2, -0.15) is 0 Å². The third-order valence-electron chi connectivity index (χ3n) is 5.56. The van der Waals surface area contributed by atoms with E-state index in [4.69, 9.17) is 9.47 Å². The smallest absolute Gasteiger partial charge is 0.338 e. The van der Waals surface area contributed by atoms with Crippen molar-refractivity contribution < 1.29 is 28.7 Å². The largest absolute Gasteiger partial charge is 0.495 e. The van der Waals surface area contributed by atoms with Gasteiger partial charge in [-0.25, -0.2) is 4.79 Å². The third kappa shape index (κ3) is 4.12. The van der Waals surface area contributed by atoms with E-state index >= 15 is 0 Å². The number of carbonyl (C=O) groups excluding carboxylic acids is 4. The molecule has 0 unspecified atom stereocenters. The molecule has 2 aromatic carbocycles. The molecule has 8 heteroatoms. The maximum Gasteiger partial charge on any atom is 0.338 e. The molecule has 0 saturated carbocycles. The lowest BCUT2D eigenvalue weighted by Crippen LogP contribution is -2.31. The summed E-state index contributed by atoms with van der Waals surface area (Å²) in [6, 6.07) is 13.0. The molecule has 1 saturated heterocycles.